The molecule has 7 nitrogen and oxygen atoms in total. The van der Waals surface area contributed by atoms with Crippen LogP contribution in [0.3, 0.4) is 0 Å². The smallest absolute Gasteiger partial charge is 0.228 e. The van der Waals surface area contributed by atoms with Crippen LogP contribution in [0.1, 0.15) is 22.6 Å². The Morgan fingerprint density at radius 1 is 1.09 bits per heavy atom. The molecule has 1 saturated carbocycles. The Hall–Kier alpha value is -2.94. The highest BCUT2D eigenvalue weighted by atomic mass is 79.9. The van der Waals surface area contributed by atoms with Crippen molar-refractivity contribution in [1.29, 1.82) is 0 Å². The van der Waals surface area contributed by atoms with Crippen molar-refractivity contribution in [3.05, 3.63) is 87.9 Å². The Labute approximate surface area is 206 Å². The molecule has 0 bridgehead atoms. The second kappa shape index (κ2) is 8.08. The van der Waals surface area contributed by atoms with Gasteiger partial charge in [0.05, 0.1) is 18.6 Å². The number of ether oxygens (including phenoxy) is 2. The Morgan fingerprint density at radius 2 is 1.76 bits per heavy atom. The zero-order valence-corrected chi connectivity index (χ0v) is 20.6. The lowest BCUT2D eigenvalue weighted by Gasteiger charge is -2.40. The summed E-state index contributed by atoms with van der Waals surface area (Å²) in [6, 6.07) is 20.0. The minimum atomic E-state index is -1.95. The predicted molar refractivity (Wildman–Crippen MR) is 129 cm³/mol. The Balaban J connectivity index is 1.86. The third-order valence-electron chi connectivity index (χ3n) is 7.00. The van der Waals surface area contributed by atoms with Crippen LogP contribution < -0.4 is 9.47 Å². The minimum absolute atomic E-state index is 0.167. The van der Waals surface area contributed by atoms with E-state index in [0.717, 1.165) is 10.0 Å². The first-order valence-corrected chi connectivity index (χ1v) is 11.7. The number of aromatic nitrogens is 1. The highest BCUT2D eigenvalue weighted by molar-refractivity contribution is 9.10. The fourth-order valence-electron chi connectivity index (χ4n) is 5.54. The molecule has 1 fully saturated rings. The summed E-state index contributed by atoms with van der Waals surface area (Å²) in [6.07, 6.45) is -1.47. The SMILES string of the molecule is COc1ccc2c(n1)OC1(c3ccc(Br)cc3)C(c3ccccc3)C(C(=O)N(C)C)C(O)C21O. The number of methoxy groups -OCH3 is 1. The van der Waals surface area contributed by atoms with E-state index < -0.39 is 29.1 Å². The number of carbonyl (C=O) groups is 1. The third kappa shape index (κ3) is 2.95. The number of amides is 1. The molecule has 1 amide bonds. The fraction of sp³-hybridized carbons (Fsp3) is 0.308. The van der Waals surface area contributed by atoms with Crippen LogP contribution in [-0.4, -0.2) is 53.3 Å². The number of halogens is 1. The predicted octanol–water partition coefficient (Wildman–Crippen LogP) is 3.19. The lowest BCUT2D eigenvalue weighted by atomic mass is 9.71. The fourth-order valence-corrected chi connectivity index (χ4v) is 5.81. The highest BCUT2D eigenvalue weighted by Crippen LogP contribution is 2.68. The number of carbonyl (C=O) groups excluding carboxylic acids is 1. The van der Waals surface area contributed by atoms with E-state index in [0.29, 0.717) is 17.0 Å². The molecule has 5 rings (SSSR count). The minimum Gasteiger partial charge on any atom is -0.481 e. The van der Waals surface area contributed by atoms with Crippen LogP contribution in [0.4, 0.5) is 0 Å². The number of pyridine rings is 1. The van der Waals surface area contributed by atoms with Crippen molar-refractivity contribution in [1.82, 2.24) is 9.88 Å². The first kappa shape index (κ1) is 22.8. The van der Waals surface area contributed by atoms with Gasteiger partial charge in [-0.25, -0.2) is 0 Å². The lowest BCUT2D eigenvalue weighted by Crippen LogP contribution is -2.52. The third-order valence-corrected chi connectivity index (χ3v) is 7.53. The summed E-state index contributed by atoms with van der Waals surface area (Å²) in [5.74, 6) is -1.50. The molecular formula is C26H25BrN2O5. The molecule has 2 N–H and O–H groups in total. The number of hydrogen-bond acceptors (Lipinski definition) is 6. The van der Waals surface area contributed by atoms with Gasteiger partial charge in [0, 0.05) is 30.6 Å². The molecular weight excluding hydrogens is 500 g/mol. The summed E-state index contributed by atoms with van der Waals surface area (Å²) in [5.41, 5.74) is -1.77. The molecule has 0 radical (unpaired) electrons. The van der Waals surface area contributed by atoms with E-state index in [1.807, 2.05) is 54.6 Å². The molecule has 0 spiro atoms. The molecule has 2 aromatic carbocycles. The maximum atomic E-state index is 13.5. The van der Waals surface area contributed by atoms with Crippen LogP contribution in [0, 0.1) is 5.92 Å². The van der Waals surface area contributed by atoms with Crippen LogP contribution in [0.15, 0.2) is 71.2 Å². The average molecular weight is 525 g/mol. The van der Waals surface area contributed by atoms with E-state index in [1.165, 1.54) is 12.0 Å². The van der Waals surface area contributed by atoms with Gasteiger partial charge in [0.1, 0.15) is 6.10 Å². The van der Waals surface area contributed by atoms with Gasteiger partial charge >= 0.3 is 0 Å². The van der Waals surface area contributed by atoms with Crippen molar-refractivity contribution in [3.8, 4) is 11.8 Å². The maximum absolute atomic E-state index is 13.5. The lowest BCUT2D eigenvalue weighted by molar-refractivity contribution is -0.156. The first-order valence-electron chi connectivity index (χ1n) is 10.9. The summed E-state index contributed by atoms with van der Waals surface area (Å²) in [5, 5.41) is 24.3. The molecule has 176 valence electrons. The van der Waals surface area contributed by atoms with Gasteiger partial charge in [-0.15, -0.1) is 0 Å². The van der Waals surface area contributed by atoms with E-state index in [-0.39, 0.29) is 11.8 Å². The van der Waals surface area contributed by atoms with Gasteiger partial charge in [-0.05, 0) is 29.3 Å². The van der Waals surface area contributed by atoms with Gasteiger partial charge in [0.2, 0.25) is 17.7 Å². The first-order chi connectivity index (χ1) is 16.3. The second-order valence-corrected chi connectivity index (χ2v) is 9.82. The summed E-state index contributed by atoms with van der Waals surface area (Å²) < 4.78 is 12.7. The quantitative estimate of drug-likeness (QED) is 0.544. The van der Waals surface area contributed by atoms with Crippen molar-refractivity contribution in [2.45, 2.75) is 23.2 Å². The van der Waals surface area contributed by atoms with Crippen molar-refractivity contribution >= 4 is 21.8 Å². The van der Waals surface area contributed by atoms with Gasteiger partial charge in [-0.3, -0.25) is 4.79 Å². The van der Waals surface area contributed by atoms with Gasteiger partial charge in [-0.1, -0.05) is 58.4 Å². The van der Waals surface area contributed by atoms with E-state index in [2.05, 4.69) is 20.9 Å². The molecule has 2 heterocycles. The number of aliphatic hydroxyl groups is 2. The summed E-state index contributed by atoms with van der Waals surface area (Å²) >= 11 is 3.47. The van der Waals surface area contributed by atoms with Crippen molar-refractivity contribution in [3.63, 3.8) is 0 Å². The molecule has 2 aliphatic rings. The number of nitrogens with zero attached hydrogens (tertiary/aromatic N) is 2. The van der Waals surface area contributed by atoms with E-state index in [1.54, 1.807) is 26.2 Å². The standard InChI is InChI=1S/C26H25BrN2O5/c1-29(2)24(31)20-21(15-7-5-4-6-8-15)26(16-9-11-17(27)12-10-16)25(32,22(20)30)18-13-14-19(33-3)28-23(18)34-26/h4-14,20-22,30,32H,1-3H3. The Bertz CT molecular complexity index is 1240. The van der Waals surface area contributed by atoms with Crippen molar-refractivity contribution in [2.75, 3.05) is 21.2 Å². The monoisotopic (exact) mass is 524 g/mol. The molecule has 1 aliphatic carbocycles. The number of benzene rings is 2. The van der Waals surface area contributed by atoms with Crippen LogP contribution >= 0.6 is 15.9 Å². The number of hydrogen-bond donors (Lipinski definition) is 2. The molecule has 1 aromatic heterocycles. The molecule has 0 saturated heterocycles. The van der Waals surface area contributed by atoms with Gasteiger partial charge < -0.3 is 24.6 Å². The van der Waals surface area contributed by atoms with Gasteiger partial charge in [0.25, 0.3) is 0 Å². The van der Waals surface area contributed by atoms with E-state index >= 15 is 0 Å². The van der Waals surface area contributed by atoms with Gasteiger partial charge in [-0.2, -0.15) is 4.98 Å². The molecule has 3 aromatic rings. The van der Waals surface area contributed by atoms with Crippen LogP contribution in [0.2, 0.25) is 0 Å². The van der Waals surface area contributed by atoms with E-state index in [4.69, 9.17) is 9.47 Å². The van der Waals surface area contributed by atoms with Gasteiger partial charge in [0.15, 0.2) is 11.2 Å². The average Bonchev–Trinajstić information content (AvgIpc) is 3.22. The van der Waals surface area contributed by atoms with Crippen LogP contribution in [0.25, 0.3) is 0 Å². The van der Waals surface area contributed by atoms with E-state index in [9.17, 15) is 15.0 Å². The molecule has 1 aliphatic heterocycles. The van der Waals surface area contributed by atoms with Crippen molar-refractivity contribution < 1.29 is 24.5 Å². The molecule has 5 atom stereocenters. The molecule has 8 heteroatoms. The highest BCUT2D eigenvalue weighted by Gasteiger charge is 2.77. The number of aliphatic hydroxyl groups excluding tert-OH is 1. The normalized spacial score (nSPS) is 29.2. The Morgan fingerprint density at radius 3 is 2.38 bits per heavy atom. The van der Waals surface area contributed by atoms with Crippen LogP contribution in [0.5, 0.6) is 11.8 Å². The topological polar surface area (TPSA) is 92.1 Å². The summed E-state index contributed by atoms with van der Waals surface area (Å²) in [4.78, 5) is 19.4. The summed E-state index contributed by atoms with van der Waals surface area (Å²) in [6.45, 7) is 0. The second-order valence-electron chi connectivity index (χ2n) is 8.91. The number of fused-ring (bicyclic) bond motifs is 3. The van der Waals surface area contributed by atoms with Crippen molar-refractivity contribution in [2.24, 2.45) is 5.92 Å². The summed E-state index contributed by atoms with van der Waals surface area (Å²) in [7, 11) is 4.78. The molecule has 34 heavy (non-hydrogen) atoms. The zero-order chi connectivity index (χ0) is 24.3. The molecule has 5 unspecified atom stereocenters. The maximum Gasteiger partial charge on any atom is 0.228 e. The largest absolute Gasteiger partial charge is 0.481 e. The Kier molecular flexibility index (Phi) is 5.42. The zero-order valence-electron chi connectivity index (χ0n) is 19.0. The van der Waals surface area contributed by atoms with Crippen LogP contribution in [-0.2, 0) is 16.0 Å². The number of rotatable bonds is 4.